The number of carbonyl (C=O) groups is 1. The molecule has 0 aliphatic carbocycles. The molecular weight excluding hydrogens is 334 g/mol. The number of nitrogens with zero attached hydrogens (tertiary/aromatic N) is 5. The third kappa shape index (κ3) is 2.72. The van der Waals surface area contributed by atoms with E-state index in [9.17, 15) is 4.79 Å². The molecule has 0 bridgehead atoms. The molecule has 7 heteroatoms. The maximum atomic E-state index is 13.0. The van der Waals surface area contributed by atoms with Crippen molar-refractivity contribution >= 4 is 38.3 Å². The molecule has 0 unspecified atom stereocenters. The molecule has 1 aliphatic heterocycles. The van der Waals surface area contributed by atoms with Gasteiger partial charge in [0, 0.05) is 45.3 Å². The number of thiazole rings is 1. The predicted molar refractivity (Wildman–Crippen MR) is 101 cm³/mol. The van der Waals surface area contributed by atoms with Crippen molar-refractivity contribution in [3.05, 3.63) is 60.1 Å². The normalized spacial score (nSPS) is 16.1. The predicted octanol–water partition coefficient (Wildman–Crippen LogP) is 2.83. The Balaban J connectivity index is 1.82. The van der Waals surface area contributed by atoms with Gasteiger partial charge in [0.1, 0.15) is 5.71 Å². The van der Waals surface area contributed by atoms with Crippen molar-refractivity contribution in [3.63, 3.8) is 0 Å². The molecule has 2 aromatic heterocycles. The van der Waals surface area contributed by atoms with Crippen LogP contribution < -0.4 is 5.01 Å². The number of para-hydroxylation sites is 1. The van der Waals surface area contributed by atoms with Crippen molar-refractivity contribution in [1.29, 1.82) is 0 Å². The third-order valence-electron chi connectivity index (χ3n) is 3.83. The summed E-state index contributed by atoms with van der Waals surface area (Å²) in [5.74, 6) is -0.161. The number of carbonyl (C=O) groups excluding carboxylic acids is 1. The summed E-state index contributed by atoms with van der Waals surface area (Å²) in [4.78, 5) is 19.4. The standard InChI is InChI=1S/C18H17N5OS/c1-21(2)11-13-16(12-8-9-22(3)10-12)20-23(17(13)24)18-19-14-6-4-5-7-15(14)25-18/h4-11H,1-3H3. The topological polar surface area (TPSA) is 53.7 Å². The molecule has 0 saturated heterocycles. The van der Waals surface area contributed by atoms with Gasteiger partial charge >= 0.3 is 0 Å². The first-order valence-corrected chi connectivity index (χ1v) is 8.64. The van der Waals surface area contributed by atoms with Crippen molar-refractivity contribution < 1.29 is 4.79 Å². The second kappa shape index (κ2) is 5.86. The molecule has 0 saturated carbocycles. The Bertz CT molecular complexity index is 994. The second-order valence-corrected chi connectivity index (χ2v) is 7.11. The van der Waals surface area contributed by atoms with E-state index in [0.717, 1.165) is 15.8 Å². The van der Waals surface area contributed by atoms with E-state index in [2.05, 4.69) is 10.1 Å². The Morgan fingerprint density at radius 3 is 2.68 bits per heavy atom. The summed E-state index contributed by atoms with van der Waals surface area (Å²) < 4.78 is 2.97. The fraction of sp³-hybridized carbons (Fsp3) is 0.167. The van der Waals surface area contributed by atoms with Crippen LogP contribution in [0, 0.1) is 0 Å². The van der Waals surface area contributed by atoms with Crippen LogP contribution in [0.25, 0.3) is 10.2 Å². The lowest BCUT2D eigenvalue weighted by atomic mass is 10.1. The smallest absolute Gasteiger partial charge is 0.284 e. The number of aromatic nitrogens is 2. The van der Waals surface area contributed by atoms with E-state index in [0.29, 0.717) is 16.4 Å². The summed E-state index contributed by atoms with van der Waals surface area (Å²) in [5.41, 5.74) is 3.01. The quantitative estimate of drug-likeness (QED) is 0.682. The number of aryl methyl sites for hydroxylation is 1. The SMILES string of the molecule is CN(C)C=C1C(=O)N(c2nc3ccccc3s2)N=C1c1ccn(C)c1. The van der Waals surface area contributed by atoms with Crippen LogP contribution >= 0.6 is 11.3 Å². The zero-order valence-corrected chi connectivity index (χ0v) is 15.0. The molecule has 0 spiro atoms. The number of anilines is 1. The highest BCUT2D eigenvalue weighted by molar-refractivity contribution is 7.22. The van der Waals surface area contributed by atoms with Crippen LogP contribution in [0.1, 0.15) is 5.56 Å². The fourth-order valence-corrected chi connectivity index (χ4v) is 3.64. The first kappa shape index (κ1) is 15.6. The molecule has 1 amide bonds. The van der Waals surface area contributed by atoms with Gasteiger partial charge in [-0.05, 0) is 18.2 Å². The van der Waals surface area contributed by atoms with E-state index in [-0.39, 0.29) is 5.91 Å². The molecular formula is C18H17N5OS. The molecule has 0 N–H and O–H groups in total. The minimum Gasteiger partial charge on any atom is -0.383 e. The van der Waals surface area contributed by atoms with Gasteiger partial charge in [0.2, 0.25) is 5.13 Å². The number of hydrogen-bond acceptors (Lipinski definition) is 5. The van der Waals surface area contributed by atoms with Gasteiger partial charge < -0.3 is 9.47 Å². The lowest BCUT2D eigenvalue weighted by Crippen LogP contribution is -2.22. The molecule has 3 aromatic rings. The monoisotopic (exact) mass is 351 g/mol. The Kier molecular flexibility index (Phi) is 3.65. The number of hydrogen-bond donors (Lipinski definition) is 0. The minimum atomic E-state index is -0.161. The molecule has 6 nitrogen and oxygen atoms in total. The van der Waals surface area contributed by atoms with Crippen LogP contribution in [0.3, 0.4) is 0 Å². The molecule has 3 heterocycles. The maximum Gasteiger partial charge on any atom is 0.284 e. The van der Waals surface area contributed by atoms with Crippen molar-refractivity contribution in [2.45, 2.75) is 0 Å². The summed E-state index contributed by atoms with van der Waals surface area (Å²) in [6.45, 7) is 0. The fourth-order valence-electron chi connectivity index (χ4n) is 2.73. The van der Waals surface area contributed by atoms with Crippen LogP contribution in [0.4, 0.5) is 5.13 Å². The average Bonchev–Trinajstić information content (AvgIpc) is 3.25. The zero-order valence-electron chi connectivity index (χ0n) is 14.2. The van der Waals surface area contributed by atoms with Gasteiger partial charge in [0.05, 0.1) is 15.8 Å². The Hall–Kier alpha value is -2.93. The van der Waals surface area contributed by atoms with Crippen LogP contribution in [0.5, 0.6) is 0 Å². The molecule has 0 fully saturated rings. The lowest BCUT2D eigenvalue weighted by molar-refractivity contribution is -0.114. The Morgan fingerprint density at radius 1 is 1.20 bits per heavy atom. The Labute approximate surface area is 149 Å². The highest BCUT2D eigenvalue weighted by atomic mass is 32.1. The van der Waals surface area contributed by atoms with Gasteiger partial charge in [-0.25, -0.2) is 4.98 Å². The number of amides is 1. The highest BCUT2D eigenvalue weighted by Gasteiger charge is 2.34. The van der Waals surface area contributed by atoms with Crippen LogP contribution in [-0.2, 0) is 11.8 Å². The summed E-state index contributed by atoms with van der Waals surface area (Å²) in [5, 5.41) is 6.58. The van der Waals surface area contributed by atoms with Crippen molar-refractivity contribution in [2.75, 3.05) is 19.1 Å². The van der Waals surface area contributed by atoms with Gasteiger partial charge in [-0.2, -0.15) is 10.1 Å². The van der Waals surface area contributed by atoms with E-state index in [4.69, 9.17) is 0 Å². The lowest BCUT2D eigenvalue weighted by Gasteiger charge is -2.08. The summed E-state index contributed by atoms with van der Waals surface area (Å²) >= 11 is 1.46. The van der Waals surface area contributed by atoms with Crippen LogP contribution in [0.2, 0.25) is 0 Å². The second-order valence-electron chi connectivity index (χ2n) is 6.10. The summed E-state index contributed by atoms with van der Waals surface area (Å²) in [6, 6.07) is 9.79. The van der Waals surface area contributed by atoms with Crippen molar-refractivity contribution in [3.8, 4) is 0 Å². The molecule has 0 radical (unpaired) electrons. The minimum absolute atomic E-state index is 0.161. The van der Waals surface area contributed by atoms with Crippen LogP contribution in [0.15, 0.2) is 59.6 Å². The van der Waals surface area contributed by atoms with E-state index < -0.39 is 0 Å². The van der Waals surface area contributed by atoms with Gasteiger partial charge in [-0.1, -0.05) is 23.5 Å². The van der Waals surface area contributed by atoms with E-state index in [1.54, 1.807) is 0 Å². The Morgan fingerprint density at radius 2 is 2.00 bits per heavy atom. The molecule has 4 rings (SSSR count). The van der Waals surface area contributed by atoms with Gasteiger partial charge in [-0.15, -0.1) is 0 Å². The zero-order chi connectivity index (χ0) is 17.6. The summed E-state index contributed by atoms with van der Waals surface area (Å²) in [7, 11) is 5.73. The van der Waals surface area contributed by atoms with E-state index in [1.807, 2.05) is 79.5 Å². The third-order valence-corrected chi connectivity index (χ3v) is 4.85. The first-order chi connectivity index (χ1) is 12.0. The first-order valence-electron chi connectivity index (χ1n) is 7.82. The molecule has 126 valence electrons. The maximum absolute atomic E-state index is 13.0. The van der Waals surface area contributed by atoms with Crippen molar-refractivity contribution in [2.24, 2.45) is 12.1 Å². The number of fused-ring (bicyclic) bond motifs is 1. The van der Waals surface area contributed by atoms with Crippen molar-refractivity contribution in [1.82, 2.24) is 14.5 Å². The van der Waals surface area contributed by atoms with E-state index >= 15 is 0 Å². The molecule has 1 aliphatic rings. The molecule has 25 heavy (non-hydrogen) atoms. The molecule has 0 atom stereocenters. The van der Waals surface area contributed by atoms with Gasteiger partial charge in [0.25, 0.3) is 5.91 Å². The number of hydrazone groups is 1. The van der Waals surface area contributed by atoms with Gasteiger partial charge in [-0.3, -0.25) is 4.79 Å². The van der Waals surface area contributed by atoms with E-state index in [1.165, 1.54) is 16.3 Å². The largest absolute Gasteiger partial charge is 0.383 e. The highest BCUT2D eigenvalue weighted by Crippen LogP contribution is 2.33. The molecule has 1 aromatic carbocycles. The van der Waals surface area contributed by atoms with Crippen LogP contribution in [-0.4, -0.2) is 40.2 Å². The number of rotatable bonds is 3. The summed E-state index contributed by atoms with van der Waals surface area (Å²) in [6.07, 6.45) is 5.70. The average molecular weight is 351 g/mol. The van der Waals surface area contributed by atoms with Gasteiger partial charge in [0.15, 0.2) is 0 Å². The number of benzene rings is 1.